The van der Waals surface area contributed by atoms with Crippen molar-refractivity contribution in [1.82, 2.24) is 4.90 Å². The molecule has 1 aliphatic heterocycles. The summed E-state index contributed by atoms with van der Waals surface area (Å²) in [7, 11) is 0. The van der Waals surface area contributed by atoms with Crippen molar-refractivity contribution in [1.29, 1.82) is 0 Å². The Balaban J connectivity index is 1.91. The first kappa shape index (κ1) is 15.4. The van der Waals surface area contributed by atoms with Gasteiger partial charge in [-0.15, -0.1) is 0 Å². The smallest absolute Gasteiger partial charge is 0.306 e. The molecule has 0 aliphatic carbocycles. The molecule has 0 spiro atoms. The number of aliphatic carboxylic acids is 1. The Kier molecular flexibility index (Phi) is 5.24. The molecule has 0 radical (unpaired) electrons. The minimum Gasteiger partial charge on any atom is -0.481 e. The van der Waals surface area contributed by atoms with E-state index < -0.39 is 5.97 Å². The fourth-order valence-electron chi connectivity index (χ4n) is 2.48. The molecule has 1 saturated heterocycles. The third kappa shape index (κ3) is 4.51. The summed E-state index contributed by atoms with van der Waals surface area (Å²) in [5.74, 6) is -0.874. The summed E-state index contributed by atoms with van der Waals surface area (Å²) in [5, 5.41) is 19.7. The summed E-state index contributed by atoms with van der Waals surface area (Å²) in [6.45, 7) is 2.42. The van der Waals surface area contributed by atoms with Crippen molar-refractivity contribution in [2.75, 3.05) is 26.2 Å². The molecule has 114 valence electrons. The van der Waals surface area contributed by atoms with Crippen molar-refractivity contribution >= 4 is 11.7 Å². The molecule has 0 saturated carbocycles. The molecule has 1 heterocycles. The third-order valence-corrected chi connectivity index (χ3v) is 3.51. The number of morpholine rings is 1. The van der Waals surface area contributed by atoms with E-state index in [-0.39, 0.29) is 23.1 Å². The predicted molar refractivity (Wildman–Crippen MR) is 75.2 cm³/mol. The van der Waals surface area contributed by atoms with E-state index in [0.717, 1.165) is 6.54 Å². The zero-order chi connectivity index (χ0) is 15.2. The standard InChI is InChI=1S/C14H18N2O5/c17-14(18)9-12-10-15(7-8-21-12)6-5-11-3-1-2-4-13(11)16(19)20/h1-4,12H,5-10H2,(H,17,18). The number of carboxylic acid groups (broad SMARTS) is 1. The Morgan fingerprint density at radius 3 is 2.95 bits per heavy atom. The van der Waals surface area contributed by atoms with E-state index in [2.05, 4.69) is 4.90 Å². The fourth-order valence-corrected chi connectivity index (χ4v) is 2.48. The molecule has 1 N–H and O–H groups in total. The number of hydrogen-bond acceptors (Lipinski definition) is 5. The molecule has 1 fully saturated rings. The summed E-state index contributed by atoms with van der Waals surface area (Å²) in [5.41, 5.74) is 0.830. The Hall–Kier alpha value is -1.99. The predicted octanol–water partition coefficient (Wildman–Crippen LogP) is 1.31. The number of benzene rings is 1. The molecular weight excluding hydrogens is 276 g/mol. The molecule has 0 amide bonds. The van der Waals surface area contributed by atoms with Gasteiger partial charge in [0.2, 0.25) is 0 Å². The van der Waals surface area contributed by atoms with Gasteiger partial charge in [-0.25, -0.2) is 0 Å². The van der Waals surface area contributed by atoms with E-state index in [4.69, 9.17) is 9.84 Å². The molecule has 2 rings (SSSR count). The maximum absolute atomic E-state index is 11.0. The average molecular weight is 294 g/mol. The number of nitro groups is 1. The molecule has 1 atom stereocenters. The van der Waals surface area contributed by atoms with Gasteiger partial charge in [0.15, 0.2) is 0 Å². The van der Waals surface area contributed by atoms with Crippen molar-refractivity contribution in [3.05, 3.63) is 39.9 Å². The second-order valence-electron chi connectivity index (χ2n) is 5.03. The average Bonchev–Trinajstić information content (AvgIpc) is 2.45. The van der Waals surface area contributed by atoms with Gasteiger partial charge in [0, 0.05) is 31.3 Å². The molecule has 1 aromatic rings. The molecular formula is C14H18N2O5. The molecule has 0 aromatic heterocycles. The SMILES string of the molecule is O=C(O)CC1CN(CCc2ccccc2[N+](=O)[O-])CCO1. The Morgan fingerprint density at radius 2 is 2.24 bits per heavy atom. The molecule has 0 bridgehead atoms. The number of carboxylic acids is 1. The molecule has 21 heavy (non-hydrogen) atoms. The Morgan fingerprint density at radius 1 is 1.48 bits per heavy atom. The van der Waals surface area contributed by atoms with Crippen molar-refractivity contribution in [3.63, 3.8) is 0 Å². The van der Waals surface area contributed by atoms with Crippen LogP contribution in [0.1, 0.15) is 12.0 Å². The minimum atomic E-state index is -0.874. The lowest BCUT2D eigenvalue weighted by Crippen LogP contribution is -2.44. The Labute approximate surface area is 122 Å². The lowest BCUT2D eigenvalue weighted by molar-refractivity contribution is -0.385. The van der Waals surface area contributed by atoms with Crippen LogP contribution in [-0.2, 0) is 16.0 Å². The quantitative estimate of drug-likeness (QED) is 0.628. The molecule has 1 aliphatic rings. The van der Waals surface area contributed by atoms with E-state index in [1.54, 1.807) is 18.2 Å². The first-order valence-corrected chi connectivity index (χ1v) is 6.84. The van der Waals surface area contributed by atoms with Crippen LogP contribution in [0.3, 0.4) is 0 Å². The van der Waals surface area contributed by atoms with Gasteiger partial charge in [0.05, 0.1) is 24.1 Å². The molecule has 1 aromatic carbocycles. The highest BCUT2D eigenvalue weighted by molar-refractivity contribution is 5.67. The highest BCUT2D eigenvalue weighted by Gasteiger charge is 2.23. The number of para-hydroxylation sites is 1. The summed E-state index contributed by atoms with van der Waals surface area (Å²) >= 11 is 0. The monoisotopic (exact) mass is 294 g/mol. The van der Waals surface area contributed by atoms with Gasteiger partial charge < -0.3 is 9.84 Å². The summed E-state index contributed by atoms with van der Waals surface area (Å²) in [4.78, 5) is 23.4. The largest absolute Gasteiger partial charge is 0.481 e. The highest BCUT2D eigenvalue weighted by atomic mass is 16.6. The van der Waals surface area contributed by atoms with Gasteiger partial charge in [-0.2, -0.15) is 0 Å². The van der Waals surface area contributed by atoms with Crippen molar-refractivity contribution in [3.8, 4) is 0 Å². The lowest BCUT2D eigenvalue weighted by Gasteiger charge is -2.32. The van der Waals surface area contributed by atoms with Crippen molar-refractivity contribution in [2.45, 2.75) is 18.9 Å². The summed E-state index contributed by atoms with van der Waals surface area (Å²) in [6.07, 6.45) is 0.251. The number of rotatable bonds is 6. The van der Waals surface area contributed by atoms with Crippen LogP contribution < -0.4 is 0 Å². The van der Waals surface area contributed by atoms with E-state index in [9.17, 15) is 14.9 Å². The molecule has 1 unspecified atom stereocenters. The molecule has 7 heteroatoms. The van der Waals surface area contributed by atoms with E-state index in [1.807, 2.05) is 0 Å². The van der Waals surface area contributed by atoms with Gasteiger partial charge in [0.1, 0.15) is 0 Å². The highest BCUT2D eigenvalue weighted by Crippen LogP contribution is 2.19. The van der Waals surface area contributed by atoms with Crippen molar-refractivity contribution in [2.24, 2.45) is 0 Å². The molecule has 7 nitrogen and oxygen atoms in total. The van der Waals surface area contributed by atoms with Crippen LogP contribution in [0.4, 0.5) is 5.69 Å². The van der Waals surface area contributed by atoms with E-state index >= 15 is 0 Å². The van der Waals surface area contributed by atoms with Gasteiger partial charge in [0.25, 0.3) is 5.69 Å². The maximum Gasteiger partial charge on any atom is 0.306 e. The van der Waals surface area contributed by atoms with Crippen LogP contribution in [-0.4, -0.2) is 53.2 Å². The van der Waals surface area contributed by atoms with Crippen molar-refractivity contribution < 1.29 is 19.6 Å². The van der Waals surface area contributed by atoms with E-state index in [0.29, 0.717) is 31.7 Å². The summed E-state index contributed by atoms with van der Waals surface area (Å²) < 4.78 is 5.40. The van der Waals surface area contributed by atoms with Crippen LogP contribution >= 0.6 is 0 Å². The van der Waals surface area contributed by atoms with Gasteiger partial charge in [-0.1, -0.05) is 18.2 Å². The normalized spacial score (nSPS) is 19.3. The van der Waals surface area contributed by atoms with Crippen LogP contribution in [0.25, 0.3) is 0 Å². The second kappa shape index (κ2) is 7.14. The number of carbonyl (C=O) groups is 1. The van der Waals surface area contributed by atoms with Crippen LogP contribution in [0.5, 0.6) is 0 Å². The summed E-state index contributed by atoms with van der Waals surface area (Å²) in [6, 6.07) is 6.70. The number of hydrogen-bond donors (Lipinski definition) is 1. The lowest BCUT2D eigenvalue weighted by atomic mass is 10.1. The Bertz CT molecular complexity index is 520. The van der Waals surface area contributed by atoms with Crippen LogP contribution in [0.2, 0.25) is 0 Å². The third-order valence-electron chi connectivity index (χ3n) is 3.51. The maximum atomic E-state index is 11.0. The number of ether oxygens (including phenoxy) is 1. The zero-order valence-electron chi connectivity index (χ0n) is 11.6. The van der Waals surface area contributed by atoms with Crippen LogP contribution in [0.15, 0.2) is 24.3 Å². The second-order valence-corrected chi connectivity index (χ2v) is 5.03. The fraction of sp³-hybridized carbons (Fsp3) is 0.500. The first-order valence-electron chi connectivity index (χ1n) is 6.84. The number of nitro benzene ring substituents is 1. The topological polar surface area (TPSA) is 92.9 Å². The first-order chi connectivity index (χ1) is 10.1. The van der Waals surface area contributed by atoms with Gasteiger partial charge in [-0.3, -0.25) is 19.8 Å². The number of nitrogens with zero attached hydrogens (tertiary/aromatic N) is 2. The van der Waals surface area contributed by atoms with Gasteiger partial charge >= 0.3 is 5.97 Å². The van der Waals surface area contributed by atoms with Crippen LogP contribution in [0, 0.1) is 10.1 Å². The minimum absolute atomic E-state index is 0.0119. The zero-order valence-corrected chi connectivity index (χ0v) is 11.6. The van der Waals surface area contributed by atoms with Gasteiger partial charge in [-0.05, 0) is 6.42 Å². The van der Waals surface area contributed by atoms with E-state index in [1.165, 1.54) is 6.07 Å².